The van der Waals surface area contributed by atoms with Crippen LogP contribution in [-0.2, 0) is 16.0 Å². The van der Waals surface area contributed by atoms with Crippen molar-refractivity contribution in [2.75, 3.05) is 18.8 Å². The topological polar surface area (TPSA) is 117 Å². The molecule has 0 aliphatic carbocycles. The molecular weight excluding hydrogens is 306 g/mol. The van der Waals surface area contributed by atoms with Crippen LogP contribution in [0.1, 0.15) is 26.0 Å². The molecule has 0 unspecified atom stereocenters. The molecule has 2 heterocycles. The third-order valence-electron chi connectivity index (χ3n) is 3.25. The summed E-state index contributed by atoms with van der Waals surface area (Å²) in [5, 5.41) is 7.62. The highest BCUT2D eigenvalue weighted by atomic mass is 32.1. The van der Waals surface area contributed by atoms with Gasteiger partial charge in [-0.15, -0.1) is 11.3 Å². The van der Waals surface area contributed by atoms with Gasteiger partial charge in [-0.05, 0) is 26.7 Å². The average Bonchev–Trinajstić information content (AvgIpc) is 2.92. The minimum absolute atomic E-state index is 0.266. The lowest BCUT2D eigenvalue weighted by Gasteiger charge is -2.15. The number of aryl methyl sites for hydroxylation is 1. The maximum absolute atomic E-state index is 11.9. The number of urea groups is 1. The average molecular weight is 325 g/mol. The van der Waals surface area contributed by atoms with Gasteiger partial charge in [-0.2, -0.15) is 0 Å². The van der Waals surface area contributed by atoms with Crippen LogP contribution in [0.3, 0.4) is 0 Å². The minimum Gasteiger partial charge on any atom is -0.375 e. The Morgan fingerprint density at radius 1 is 1.50 bits per heavy atom. The summed E-state index contributed by atoms with van der Waals surface area (Å²) < 4.78 is 0. The molecule has 0 aromatic carbocycles. The first-order valence-electron chi connectivity index (χ1n) is 6.90. The predicted molar refractivity (Wildman–Crippen MR) is 82.2 cm³/mol. The molecule has 4 amide bonds. The second-order valence-electron chi connectivity index (χ2n) is 5.58. The maximum atomic E-state index is 11.9. The molecule has 0 radical (unpaired) electrons. The van der Waals surface area contributed by atoms with E-state index in [2.05, 4.69) is 15.6 Å². The molecular formula is C13H19N5O3S. The highest BCUT2D eigenvalue weighted by molar-refractivity contribution is 7.13. The fourth-order valence-corrected chi connectivity index (χ4v) is 2.69. The molecule has 1 fully saturated rings. The van der Waals surface area contributed by atoms with E-state index >= 15 is 0 Å². The van der Waals surface area contributed by atoms with Gasteiger partial charge in [0.15, 0.2) is 5.13 Å². The molecule has 1 saturated heterocycles. The summed E-state index contributed by atoms with van der Waals surface area (Å²) in [5.41, 5.74) is 5.47. The Morgan fingerprint density at radius 3 is 2.77 bits per heavy atom. The molecule has 1 aromatic heterocycles. The van der Waals surface area contributed by atoms with Gasteiger partial charge in [-0.1, -0.05) is 0 Å². The van der Waals surface area contributed by atoms with Crippen LogP contribution in [0.4, 0.5) is 9.93 Å². The zero-order chi connectivity index (χ0) is 16.3. The molecule has 2 rings (SSSR count). The SMILES string of the molecule is CC1(C)NC(=O)N(CC(=O)NCCCc2csc(N)n2)C1=O. The van der Waals surface area contributed by atoms with Gasteiger partial charge in [0.05, 0.1) is 5.69 Å². The van der Waals surface area contributed by atoms with Crippen LogP contribution >= 0.6 is 11.3 Å². The molecule has 120 valence electrons. The Bertz CT molecular complexity index is 598. The lowest BCUT2D eigenvalue weighted by atomic mass is 10.1. The molecule has 9 heteroatoms. The standard InChI is InChI=1S/C13H19N5O3S/c1-13(2)10(20)18(12(21)17-13)6-9(19)15-5-3-4-8-7-22-11(14)16-8/h7H,3-6H2,1-2H3,(H2,14,16)(H,15,19)(H,17,21). The smallest absolute Gasteiger partial charge is 0.325 e. The number of nitrogen functional groups attached to an aromatic ring is 1. The van der Waals surface area contributed by atoms with Gasteiger partial charge >= 0.3 is 6.03 Å². The second kappa shape index (κ2) is 6.30. The van der Waals surface area contributed by atoms with Gasteiger partial charge in [0.25, 0.3) is 5.91 Å². The number of hydrogen-bond donors (Lipinski definition) is 3. The van der Waals surface area contributed by atoms with Gasteiger partial charge < -0.3 is 16.4 Å². The first-order valence-corrected chi connectivity index (χ1v) is 7.78. The van der Waals surface area contributed by atoms with Crippen LogP contribution in [0.5, 0.6) is 0 Å². The molecule has 0 saturated carbocycles. The zero-order valence-electron chi connectivity index (χ0n) is 12.5. The fourth-order valence-electron chi connectivity index (χ4n) is 2.10. The summed E-state index contributed by atoms with van der Waals surface area (Å²) in [6.45, 7) is 3.39. The van der Waals surface area contributed by atoms with Gasteiger partial charge in [0.2, 0.25) is 5.91 Å². The van der Waals surface area contributed by atoms with E-state index in [1.807, 2.05) is 5.38 Å². The zero-order valence-corrected chi connectivity index (χ0v) is 13.3. The Kier molecular flexibility index (Phi) is 4.65. The van der Waals surface area contributed by atoms with E-state index in [0.29, 0.717) is 24.5 Å². The van der Waals surface area contributed by atoms with E-state index in [-0.39, 0.29) is 12.5 Å². The normalized spacial score (nSPS) is 16.7. The van der Waals surface area contributed by atoms with Crippen LogP contribution in [0.25, 0.3) is 0 Å². The number of amides is 4. The first-order chi connectivity index (χ1) is 10.3. The van der Waals surface area contributed by atoms with Crippen LogP contribution in [0.2, 0.25) is 0 Å². The van der Waals surface area contributed by atoms with Crippen molar-refractivity contribution in [2.24, 2.45) is 0 Å². The number of nitrogens with one attached hydrogen (secondary N) is 2. The fraction of sp³-hybridized carbons (Fsp3) is 0.538. The predicted octanol–water partition coefficient (Wildman–Crippen LogP) is 0.105. The van der Waals surface area contributed by atoms with E-state index in [1.165, 1.54) is 11.3 Å². The second-order valence-corrected chi connectivity index (χ2v) is 6.47. The summed E-state index contributed by atoms with van der Waals surface area (Å²) in [6, 6.07) is -0.539. The van der Waals surface area contributed by atoms with Crippen molar-refractivity contribution in [3.63, 3.8) is 0 Å². The number of imide groups is 1. The van der Waals surface area contributed by atoms with Crippen LogP contribution in [0, 0.1) is 0 Å². The van der Waals surface area contributed by atoms with Gasteiger partial charge in [-0.25, -0.2) is 9.78 Å². The van der Waals surface area contributed by atoms with Crippen molar-refractivity contribution in [2.45, 2.75) is 32.2 Å². The van der Waals surface area contributed by atoms with Crippen molar-refractivity contribution in [3.05, 3.63) is 11.1 Å². The first kappa shape index (κ1) is 16.2. The number of aromatic nitrogens is 1. The van der Waals surface area contributed by atoms with Gasteiger partial charge in [-0.3, -0.25) is 14.5 Å². The van der Waals surface area contributed by atoms with Crippen molar-refractivity contribution >= 4 is 34.3 Å². The van der Waals surface area contributed by atoms with E-state index in [9.17, 15) is 14.4 Å². The summed E-state index contributed by atoms with van der Waals surface area (Å²) in [5.74, 6) is -0.760. The van der Waals surface area contributed by atoms with E-state index in [4.69, 9.17) is 5.73 Å². The molecule has 1 aliphatic rings. The summed E-state index contributed by atoms with van der Waals surface area (Å²) in [6.07, 6.45) is 1.42. The monoisotopic (exact) mass is 325 g/mol. The third-order valence-corrected chi connectivity index (χ3v) is 3.97. The van der Waals surface area contributed by atoms with Crippen molar-refractivity contribution < 1.29 is 14.4 Å². The van der Waals surface area contributed by atoms with E-state index < -0.39 is 17.5 Å². The number of nitrogens with two attached hydrogens (primary N) is 1. The largest absolute Gasteiger partial charge is 0.375 e. The number of carbonyl (C=O) groups excluding carboxylic acids is 3. The van der Waals surface area contributed by atoms with Gasteiger partial charge in [0.1, 0.15) is 12.1 Å². The molecule has 22 heavy (non-hydrogen) atoms. The number of thiazole rings is 1. The lowest BCUT2D eigenvalue weighted by molar-refractivity contribution is -0.134. The Morgan fingerprint density at radius 2 is 2.23 bits per heavy atom. The summed E-state index contributed by atoms with van der Waals surface area (Å²) >= 11 is 1.38. The van der Waals surface area contributed by atoms with E-state index in [0.717, 1.165) is 10.6 Å². The maximum Gasteiger partial charge on any atom is 0.325 e. The Labute approximate surface area is 132 Å². The minimum atomic E-state index is -0.956. The lowest BCUT2D eigenvalue weighted by Crippen LogP contribution is -2.43. The number of hydrogen-bond acceptors (Lipinski definition) is 6. The molecule has 0 atom stereocenters. The molecule has 1 aromatic rings. The van der Waals surface area contributed by atoms with Crippen molar-refractivity contribution in [1.82, 2.24) is 20.5 Å². The highest BCUT2D eigenvalue weighted by Gasteiger charge is 2.44. The van der Waals surface area contributed by atoms with Crippen molar-refractivity contribution in [3.8, 4) is 0 Å². The van der Waals surface area contributed by atoms with E-state index in [1.54, 1.807) is 13.8 Å². The van der Waals surface area contributed by atoms with Crippen molar-refractivity contribution in [1.29, 1.82) is 0 Å². The number of carbonyl (C=O) groups is 3. The number of nitrogens with zero attached hydrogens (tertiary/aromatic N) is 2. The summed E-state index contributed by atoms with van der Waals surface area (Å²) in [7, 11) is 0. The summed E-state index contributed by atoms with van der Waals surface area (Å²) in [4.78, 5) is 40.4. The quantitative estimate of drug-likeness (QED) is 0.507. The molecule has 0 bridgehead atoms. The third kappa shape index (κ3) is 3.73. The van der Waals surface area contributed by atoms with Crippen LogP contribution < -0.4 is 16.4 Å². The molecule has 4 N–H and O–H groups in total. The molecule has 0 spiro atoms. The molecule has 1 aliphatic heterocycles. The van der Waals surface area contributed by atoms with Crippen LogP contribution in [0.15, 0.2) is 5.38 Å². The van der Waals surface area contributed by atoms with Gasteiger partial charge in [0, 0.05) is 11.9 Å². The number of anilines is 1. The number of rotatable bonds is 6. The highest BCUT2D eigenvalue weighted by Crippen LogP contribution is 2.16. The molecule has 8 nitrogen and oxygen atoms in total. The van der Waals surface area contributed by atoms with Crippen LogP contribution in [-0.4, -0.2) is 46.4 Å². The Balaban J connectivity index is 1.72. The Hall–Kier alpha value is -2.16.